The first-order valence-electron chi connectivity index (χ1n) is 7.04. The first kappa shape index (κ1) is 15.1. The summed E-state index contributed by atoms with van der Waals surface area (Å²) >= 11 is 11.9. The van der Waals surface area contributed by atoms with Gasteiger partial charge in [-0.2, -0.15) is 0 Å². The van der Waals surface area contributed by atoms with Crippen LogP contribution in [0.25, 0.3) is 0 Å². The highest BCUT2D eigenvalue weighted by molar-refractivity contribution is 6.42. The van der Waals surface area contributed by atoms with Crippen molar-refractivity contribution in [3.8, 4) is 0 Å². The summed E-state index contributed by atoms with van der Waals surface area (Å²) in [4.78, 5) is 20.6. The van der Waals surface area contributed by atoms with Crippen molar-refractivity contribution in [1.82, 2.24) is 9.88 Å². The molecule has 0 radical (unpaired) electrons. The summed E-state index contributed by atoms with van der Waals surface area (Å²) in [6.07, 6.45) is 3.56. The molecule has 0 bridgehead atoms. The van der Waals surface area contributed by atoms with Gasteiger partial charge in [-0.05, 0) is 30.3 Å². The minimum absolute atomic E-state index is 0.00653. The van der Waals surface area contributed by atoms with E-state index < -0.39 is 0 Å². The van der Waals surface area contributed by atoms with E-state index in [2.05, 4.69) is 9.88 Å². The van der Waals surface area contributed by atoms with Crippen molar-refractivity contribution in [3.63, 3.8) is 0 Å². The predicted octanol–water partition coefficient (Wildman–Crippen LogP) is 3.35. The van der Waals surface area contributed by atoms with Gasteiger partial charge in [0.1, 0.15) is 0 Å². The number of anilines is 1. The molecule has 1 aliphatic heterocycles. The third-order valence-corrected chi connectivity index (χ3v) is 4.50. The van der Waals surface area contributed by atoms with Crippen molar-refractivity contribution in [2.24, 2.45) is 0 Å². The summed E-state index contributed by atoms with van der Waals surface area (Å²) in [5, 5.41) is 0.865. The minimum atomic E-state index is -0.00653. The first-order valence-corrected chi connectivity index (χ1v) is 7.80. The Balaban J connectivity index is 1.66. The van der Waals surface area contributed by atoms with Crippen LogP contribution in [0.1, 0.15) is 10.4 Å². The number of carbonyl (C=O) groups is 1. The molecule has 0 spiro atoms. The highest BCUT2D eigenvalue weighted by Crippen LogP contribution is 2.24. The molecule has 0 saturated carbocycles. The number of pyridine rings is 1. The van der Waals surface area contributed by atoms with Crippen molar-refractivity contribution in [2.75, 3.05) is 31.1 Å². The molecule has 22 heavy (non-hydrogen) atoms. The van der Waals surface area contributed by atoms with E-state index in [4.69, 9.17) is 23.2 Å². The number of carbonyl (C=O) groups excluding carboxylic acids is 1. The normalized spacial score (nSPS) is 15.0. The van der Waals surface area contributed by atoms with E-state index in [0.717, 1.165) is 18.8 Å². The fourth-order valence-corrected chi connectivity index (χ4v) is 2.83. The van der Waals surface area contributed by atoms with Gasteiger partial charge in [0.25, 0.3) is 5.91 Å². The van der Waals surface area contributed by atoms with E-state index in [1.54, 1.807) is 30.6 Å². The number of rotatable bonds is 2. The van der Waals surface area contributed by atoms with Crippen LogP contribution < -0.4 is 4.90 Å². The zero-order chi connectivity index (χ0) is 15.5. The zero-order valence-corrected chi connectivity index (χ0v) is 13.4. The van der Waals surface area contributed by atoms with E-state index in [-0.39, 0.29) is 5.91 Å². The van der Waals surface area contributed by atoms with Crippen LogP contribution in [0.15, 0.2) is 42.7 Å². The number of amides is 1. The topological polar surface area (TPSA) is 36.4 Å². The number of piperazine rings is 1. The SMILES string of the molecule is O=C(c1ccc(Cl)c(Cl)c1)N1CCN(c2ccncc2)CC1. The lowest BCUT2D eigenvalue weighted by Crippen LogP contribution is -2.48. The van der Waals surface area contributed by atoms with Crippen molar-refractivity contribution in [1.29, 1.82) is 0 Å². The van der Waals surface area contributed by atoms with Crippen LogP contribution in [0, 0.1) is 0 Å². The molecule has 1 aromatic heterocycles. The largest absolute Gasteiger partial charge is 0.368 e. The Labute approximate surface area is 139 Å². The lowest BCUT2D eigenvalue weighted by Gasteiger charge is -2.36. The molecule has 0 aliphatic carbocycles. The third-order valence-electron chi connectivity index (χ3n) is 3.76. The number of hydrogen-bond acceptors (Lipinski definition) is 3. The zero-order valence-electron chi connectivity index (χ0n) is 11.9. The number of aromatic nitrogens is 1. The average Bonchev–Trinajstić information content (AvgIpc) is 2.58. The van der Waals surface area contributed by atoms with Gasteiger partial charge in [0.05, 0.1) is 10.0 Å². The molecule has 3 rings (SSSR count). The summed E-state index contributed by atoms with van der Waals surface area (Å²) in [6, 6.07) is 8.96. The van der Waals surface area contributed by atoms with E-state index in [1.165, 1.54) is 0 Å². The molecule has 1 fully saturated rings. The maximum Gasteiger partial charge on any atom is 0.254 e. The molecule has 0 atom stereocenters. The van der Waals surface area contributed by atoms with Crippen molar-refractivity contribution >= 4 is 34.8 Å². The van der Waals surface area contributed by atoms with Crippen molar-refractivity contribution in [2.45, 2.75) is 0 Å². The lowest BCUT2D eigenvalue weighted by molar-refractivity contribution is 0.0747. The summed E-state index contributed by atoms with van der Waals surface area (Å²) in [5.74, 6) is -0.00653. The van der Waals surface area contributed by atoms with E-state index in [9.17, 15) is 4.79 Å². The molecular formula is C16H15Cl2N3O. The van der Waals surface area contributed by atoms with Gasteiger partial charge in [0.15, 0.2) is 0 Å². The second kappa shape index (κ2) is 6.55. The molecule has 0 unspecified atom stereocenters. The summed E-state index contributed by atoms with van der Waals surface area (Å²) in [6.45, 7) is 2.97. The van der Waals surface area contributed by atoms with Gasteiger partial charge in [-0.1, -0.05) is 23.2 Å². The Hall–Kier alpha value is -1.78. The number of nitrogens with zero attached hydrogens (tertiary/aromatic N) is 3. The molecule has 0 N–H and O–H groups in total. The minimum Gasteiger partial charge on any atom is -0.368 e. The maximum atomic E-state index is 12.5. The fraction of sp³-hybridized carbons (Fsp3) is 0.250. The molecule has 1 aromatic carbocycles. The monoisotopic (exact) mass is 335 g/mol. The van der Waals surface area contributed by atoms with Gasteiger partial charge >= 0.3 is 0 Å². The molecule has 1 aliphatic rings. The second-order valence-corrected chi connectivity index (χ2v) is 5.93. The third kappa shape index (κ3) is 3.18. The molecule has 114 valence electrons. The van der Waals surface area contributed by atoms with Crippen LogP contribution in [-0.2, 0) is 0 Å². The fourth-order valence-electron chi connectivity index (χ4n) is 2.53. The van der Waals surface area contributed by atoms with Crippen LogP contribution in [-0.4, -0.2) is 42.0 Å². The van der Waals surface area contributed by atoms with Crippen LogP contribution in [0.4, 0.5) is 5.69 Å². The van der Waals surface area contributed by atoms with Crippen molar-refractivity contribution < 1.29 is 4.79 Å². The summed E-state index contributed by atoms with van der Waals surface area (Å²) < 4.78 is 0. The molecule has 2 aromatic rings. The first-order chi connectivity index (χ1) is 10.6. The molecular weight excluding hydrogens is 321 g/mol. The lowest BCUT2D eigenvalue weighted by atomic mass is 10.1. The van der Waals surface area contributed by atoms with E-state index >= 15 is 0 Å². The average molecular weight is 336 g/mol. The van der Waals surface area contributed by atoms with Gasteiger partial charge in [0.2, 0.25) is 0 Å². The standard InChI is InChI=1S/C16H15Cl2N3O/c17-14-2-1-12(11-15(14)18)16(22)21-9-7-20(8-10-21)13-3-5-19-6-4-13/h1-6,11H,7-10H2. The highest BCUT2D eigenvalue weighted by Gasteiger charge is 2.22. The van der Waals surface area contributed by atoms with Gasteiger partial charge in [-0.15, -0.1) is 0 Å². The van der Waals surface area contributed by atoms with Crippen LogP contribution >= 0.6 is 23.2 Å². The van der Waals surface area contributed by atoms with E-state index in [0.29, 0.717) is 28.7 Å². The van der Waals surface area contributed by atoms with Crippen LogP contribution in [0.3, 0.4) is 0 Å². The molecule has 6 heteroatoms. The molecule has 4 nitrogen and oxygen atoms in total. The van der Waals surface area contributed by atoms with Crippen LogP contribution in [0.2, 0.25) is 10.0 Å². The Morgan fingerprint density at radius 1 is 0.955 bits per heavy atom. The smallest absolute Gasteiger partial charge is 0.254 e. The second-order valence-electron chi connectivity index (χ2n) is 5.11. The van der Waals surface area contributed by atoms with Crippen LogP contribution in [0.5, 0.6) is 0 Å². The molecule has 1 saturated heterocycles. The Morgan fingerprint density at radius 2 is 1.64 bits per heavy atom. The van der Waals surface area contributed by atoms with Gasteiger partial charge < -0.3 is 9.80 Å². The highest BCUT2D eigenvalue weighted by atomic mass is 35.5. The Morgan fingerprint density at radius 3 is 2.27 bits per heavy atom. The van der Waals surface area contributed by atoms with Gasteiger partial charge in [-0.25, -0.2) is 0 Å². The molecule has 1 amide bonds. The number of benzene rings is 1. The quantitative estimate of drug-likeness (QED) is 0.844. The Kier molecular flexibility index (Phi) is 4.50. The number of hydrogen-bond donors (Lipinski definition) is 0. The number of halogens is 2. The molecule has 2 heterocycles. The van der Waals surface area contributed by atoms with Crippen molar-refractivity contribution in [3.05, 3.63) is 58.3 Å². The maximum absolute atomic E-state index is 12.5. The van der Waals surface area contributed by atoms with E-state index in [1.807, 2.05) is 17.0 Å². The van der Waals surface area contributed by atoms with Gasteiger partial charge in [0, 0.05) is 49.8 Å². The summed E-state index contributed by atoms with van der Waals surface area (Å²) in [5.41, 5.74) is 1.71. The van der Waals surface area contributed by atoms with Gasteiger partial charge in [-0.3, -0.25) is 9.78 Å². The Bertz CT molecular complexity index is 670. The predicted molar refractivity (Wildman–Crippen MR) is 88.8 cm³/mol. The summed E-state index contributed by atoms with van der Waals surface area (Å²) in [7, 11) is 0.